The fourth-order valence-corrected chi connectivity index (χ4v) is 3.54. The van der Waals surface area contributed by atoms with Crippen molar-refractivity contribution in [3.05, 3.63) is 24.3 Å². The second kappa shape index (κ2) is 8.29. The summed E-state index contributed by atoms with van der Waals surface area (Å²) in [6, 6.07) is 7.26. The Labute approximate surface area is 166 Å². The Balaban J connectivity index is 1.61. The molecule has 1 aromatic rings. The molecular weight excluding hydrogens is 360 g/mol. The van der Waals surface area contributed by atoms with Crippen molar-refractivity contribution in [3.8, 4) is 11.5 Å². The molecule has 1 aromatic carbocycles. The summed E-state index contributed by atoms with van der Waals surface area (Å²) < 4.78 is 17.0. The third kappa shape index (κ3) is 4.88. The summed E-state index contributed by atoms with van der Waals surface area (Å²) in [5.41, 5.74) is -0.540. The number of carbonyl (C=O) groups is 2. The van der Waals surface area contributed by atoms with E-state index < -0.39 is 11.7 Å². The van der Waals surface area contributed by atoms with Crippen molar-refractivity contribution in [3.63, 3.8) is 0 Å². The Morgan fingerprint density at radius 1 is 1.21 bits per heavy atom. The van der Waals surface area contributed by atoms with Crippen LogP contribution in [0.4, 0.5) is 4.79 Å². The number of amides is 2. The molecule has 0 saturated carbocycles. The summed E-state index contributed by atoms with van der Waals surface area (Å²) in [5.74, 6) is 1.08. The van der Waals surface area contributed by atoms with Crippen LogP contribution in [0.3, 0.4) is 0 Å². The van der Waals surface area contributed by atoms with E-state index in [0.29, 0.717) is 24.6 Å². The zero-order valence-electron chi connectivity index (χ0n) is 17.1. The molecule has 0 aliphatic carbocycles. The van der Waals surface area contributed by atoms with Crippen molar-refractivity contribution < 1.29 is 23.8 Å². The van der Waals surface area contributed by atoms with E-state index in [4.69, 9.17) is 14.2 Å². The lowest BCUT2D eigenvalue weighted by molar-refractivity contribution is -0.140. The van der Waals surface area contributed by atoms with Gasteiger partial charge in [-0.1, -0.05) is 12.1 Å². The number of nitrogens with zero attached hydrogens (tertiary/aromatic N) is 2. The Morgan fingerprint density at radius 2 is 1.93 bits per heavy atom. The highest BCUT2D eigenvalue weighted by Gasteiger charge is 2.34. The molecule has 28 heavy (non-hydrogen) atoms. The van der Waals surface area contributed by atoms with Crippen LogP contribution in [-0.4, -0.2) is 66.3 Å². The third-order valence-corrected chi connectivity index (χ3v) is 4.90. The lowest BCUT2D eigenvalue weighted by atomic mass is 10.0. The van der Waals surface area contributed by atoms with Gasteiger partial charge in [0.25, 0.3) is 5.91 Å². The van der Waals surface area contributed by atoms with E-state index in [1.165, 1.54) is 0 Å². The van der Waals surface area contributed by atoms with Crippen LogP contribution in [0.5, 0.6) is 11.5 Å². The second-order valence-corrected chi connectivity index (χ2v) is 8.41. The van der Waals surface area contributed by atoms with Gasteiger partial charge in [0, 0.05) is 20.1 Å². The predicted octanol–water partition coefficient (Wildman–Crippen LogP) is 3.07. The number of benzene rings is 1. The first-order valence-electron chi connectivity index (χ1n) is 9.87. The van der Waals surface area contributed by atoms with Gasteiger partial charge >= 0.3 is 6.09 Å². The van der Waals surface area contributed by atoms with Crippen LogP contribution in [0.15, 0.2) is 24.3 Å². The number of para-hydroxylation sites is 2. The van der Waals surface area contributed by atoms with Gasteiger partial charge in [-0.15, -0.1) is 0 Å². The number of carbonyl (C=O) groups excluding carboxylic acids is 2. The number of fused-ring (bicyclic) bond motifs is 1. The summed E-state index contributed by atoms with van der Waals surface area (Å²) in [6.45, 7) is 6.85. The molecule has 0 radical (unpaired) electrons. The Kier molecular flexibility index (Phi) is 6.01. The Hall–Kier alpha value is -2.44. The average Bonchev–Trinajstić information content (AvgIpc) is 2.66. The lowest BCUT2D eigenvalue weighted by Gasteiger charge is -2.39. The summed E-state index contributed by atoms with van der Waals surface area (Å²) in [5, 5.41) is 0. The van der Waals surface area contributed by atoms with Gasteiger partial charge in [-0.05, 0) is 52.2 Å². The third-order valence-electron chi connectivity index (χ3n) is 4.90. The highest BCUT2D eigenvalue weighted by Crippen LogP contribution is 2.31. The van der Waals surface area contributed by atoms with Gasteiger partial charge < -0.3 is 24.0 Å². The molecule has 1 fully saturated rings. The van der Waals surface area contributed by atoms with Crippen molar-refractivity contribution in [1.29, 1.82) is 0 Å². The molecule has 3 rings (SSSR count). The Bertz CT molecular complexity index is 715. The molecule has 0 N–H and O–H groups in total. The zero-order valence-corrected chi connectivity index (χ0v) is 17.1. The minimum absolute atomic E-state index is 0.0608. The topological polar surface area (TPSA) is 68.3 Å². The van der Waals surface area contributed by atoms with Crippen molar-refractivity contribution in [1.82, 2.24) is 9.80 Å². The molecule has 154 valence electrons. The van der Waals surface area contributed by atoms with Gasteiger partial charge in [-0.3, -0.25) is 4.79 Å². The molecular formula is C21H30N2O5. The first kappa shape index (κ1) is 20.3. The summed E-state index contributed by atoms with van der Waals surface area (Å²) in [4.78, 5) is 28.8. The molecule has 2 heterocycles. The quantitative estimate of drug-likeness (QED) is 0.793. The maximum Gasteiger partial charge on any atom is 0.410 e. The van der Waals surface area contributed by atoms with Gasteiger partial charge in [0.05, 0.1) is 6.04 Å². The summed E-state index contributed by atoms with van der Waals surface area (Å²) in [6.07, 6.45) is 1.83. The maximum atomic E-state index is 12.9. The largest absolute Gasteiger partial charge is 0.485 e. The van der Waals surface area contributed by atoms with Crippen LogP contribution in [0, 0.1) is 0 Å². The van der Waals surface area contributed by atoms with E-state index in [0.717, 1.165) is 19.3 Å². The van der Waals surface area contributed by atoms with Crippen molar-refractivity contribution >= 4 is 12.0 Å². The number of likely N-dealkylation sites (tertiary alicyclic amines) is 1. The molecule has 0 spiro atoms. The molecule has 2 aliphatic rings. The van der Waals surface area contributed by atoms with Crippen molar-refractivity contribution in [2.45, 2.75) is 57.8 Å². The minimum Gasteiger partial charge on any atom is -0.485 e. The van der Waals surface area contributed by atoms with Crippen LogP contribution < -0.4 is 9.47 Å². The van der Waals surface area contributed by atoms with Crippen LogP contribution in [0.1, 0.15) is 40.0 Å². The van der Waals surface area contributed by atoms with Crippen molar-refractivity contribution in [2.24, 2.45) is 0 Å². The number of hydrogen-bond acceptors (Lipinski definition) is 5. The smallest absolute Gasteiger partial charge is 0.410 e. The standard InChI is InChI=1S/C21H30N2O5/c1-21(2,3)28-20(25)23-12-8-7-9-15(23)13-22(4)19(24)18-14-26-16-10-5-6-11-17(16)27-18/h5-6,10-11,15,18H,7-9,12-14H2,1-4H3/t15-,18-/m1/s1. The van der Waals surface area contributed by atoms with Crippen molar-refractivity contribution in [2.75, 3.05) is 26.7 Å². The van der Waals surface area contributed by atoms with E-state index in [-0.39, 0.29) is 24.6 Å². The fourth-order valence-electron chi connectivity index (χ4n) is 3.54. The first-order valence-corrected chi connectivity index (χ1v) is 9.87. The SMILES string of the molecule is CN(C[C@H]1CCCCN1C(=O)OC(C)(C)C)C(=O)[C@H]1COc2ccccc2O1. The number of ether oxygens (including phenoxy) is 3. The van der Waals surface area contributed by atoms with Crippen LogP contribution in [-0.2, 0) is 9.53 Å². The van der Waals surface area contributed by atoms with Crippen LogP contribution >= 0.6 is 0 Å². The molecule has 2 amide bonds. The number of piperidine rings is 1. The van der Waals surface area contributed by atoms with Gasteiger partial charge in [0.15, 0.2) is 11.5 Å². The van der Waals surface area contributed by atoms with E-state index in [1.54, 1.807) is 22.9 Å². The highest BCUT2D eigenvalue weighted by molar-refractivity contribution is 5.81. The highest BCUT2D eigenvalue weighted by atomic mass is 16.6. The molecule has 2 atom stereocenters. The van der Waals surface area contributed by atoms with E-state index in [9.17, 15) is 9.59 Å². The normalized spacial score (nSPS) is 21.8. The monoisotopic (exact) mass is 390 g/mol. The second-order valence-electron chi connectivity index (χ2n) is 8.41. The van der Waals surface area contributed by atoms with E-state index in [2.05, 4.69) is 0 Å². The van der Waals surface area contributed by atoms with Crippen LogP contribution in [0.25, 0.3) is 0 Å². The molecule has 2 aliphatic heterocycles. The molecule has 7 heteroatoms. The number of rotatable bonds is 3. The fraction of sp³-hybridized carbons (Fsp3) is 0.619. The summed E-state index contributed by atoms with van der Waals surface area (Å²) >= 11 is 0. The average molecular weight is 390 g/mol. The molecule has 1 saturated heterocycles. The van der Waals surface area contributed by atoms with E-state index in [1.807, 2.05) is 39.0 Å². The maximum absolute atomic E-state index is 12.9. The molecule has 7 nitrogen and oxygen atoms in total. The Morgan fingerprint density at radius 3 is 2.64 bits per heavy atom. The van der Waals surface area contributed by atoms with Crippen LogP contribution in [0.2, 0.25) is 0 Å². The molecule has 0 bridgehead atoms. The lowest BCUT2D eigenvalue weighted by Crippen LogP contribution is -2.53. The molecule has 0 unspecified atom stereocenters. The number of likely N-dealkylation sites (N-methyl/N-ethyl adjacent to an activating group) is 1. The predicted molar refractivity (Wildman–Crippen MR) is 105 cm³/mol. The van der Waals surface area contributed by atoms with Gasteiger partial charge in [-0.2, -0.15) is 0 Å². The van der Waals surface area contributed by atoms with Gasteiger partial charge in [0.1, 0.15) is 12.2 Å². The minimum atomic E-state index is -0.682. The zero-order chi connectivity index (χ0) is 20.3. The molecule has 0 aromatic heterocycles. The number of hydrogen-bond donors (Lipinski definition) is 0. The summed E-state index contributed by atoms with van der Waals surface area (Å²) in [7, 11) is 1.74. The first-order chi connectivity index (χ1) is 13.2. The van der Waals surface area contributed by atoms with Gasteiger partial charge in [0.2, 0.25) is 6.10 Å². The van der Waals surface area contributed by atoms with E-state index >= 15 is 0 Å². The van der Waals surface area contributed by atoms with Gasteiger partial charge in [-0.25, -0.2) is 4.79 Å².